The van der Waals surface area contributed by atoms with Gasteiger partial charge >= 0.3 is 0 Å². The zero-order valence-corrected chi connectivity index (χ0v) is 9.59. The van der Waals surface area contributed by atoms with Crippen LogP contribution in [-0.2, 0) is 5.41 Å². The number of hydrogen-bond donors (Lipinski definition) is 0. The second-order valence-electron chi connectivity index (χ2n) is 4.52. The molecule has 0 unspecified atom stereocenters. The molecule has 0 aliphatic heterocycles. The Hall–Kier alpha value is -1.30. The summed E-state index contributed by atoms with van der Waals surface area (Å²) in [6.07, 6.45) is 7.08. The first-order valence-corrected chi connectivity index (χ1v) is 5.58. The monoisotopic (exact) mass is 198 g/mol. The van der Waals surface area contributed by atoms with Crippen LogP contribution in [0, 0.1) is 0 Å². The van der Waals surface area contributed by atoms with Crippen molar-refractivity contribution >= 4 is 5.57 Å². The molecule has 1 aromatic carbocycles. The molecule has 1 aliphatic rings. The fourth-order valence-corrected chi connectivity index (χ4v) is 2.10. The van der Waals surface area contributed by atoms with Gasteiger partial charge in [0, 0.05) is 5.41 Å². The minimum atomic E-state index is 0.347. The summed E-state index contributed by atoms with van der Waals surface area (Å²) < 4.78 is 0. The van der Waals surface area contributed by atoms with Gasteiger partial charge in [-0.2, -0.15) is 0 Å². The van der Waals surface area contributed by atoms with Crippen LogP contribution in [0.5, 0.6) is 0 Å². The van der Waals surface area contributed by atoms with Gasteiger partial charge < -0.3 is 0 Å². The van der Waals surface area contributed by atoms with E-state index in [0.717, 1.165) is 5.57 Å². The highest BCUT2D eigenvalue weighted by atomic mass is 14.4. The highest BCUT2D eigenvalue weighted by Gasteiger charge is 2.41. The highest BCUT2D eigenvalue weighted by Crippen LogP contribution is 2.49. The number of hydrogen-bond acceptors (Lipinski definition) is 0. The van der Waals surface area contributed by atoms with Crippen molar-refractivity contribution in [2.75, 3.05) is 0 Å². The van der Waals surface area contributed by atoms with Gasteiger partial charge in [0.15, 0.2) is 0 Å². The van der Waals surface area contributed by atoms with Crippen LogP contribution in [0.1, 0.15) is 37.8 Å². The van der Waals surface area contributed by atoms with Gasteiger partial charge in [0.05, 0.1) is 0 Å². The molecule has 0 spiro atoms. The Labute approximate surface area is 92.3 Å². The molecule has 1 saturated carbocycles. The van der Waals surface area contributed by atoms with Gasteiger partial charge in [-0.25, -0.2) is 0 Å². The molecule has 0 heteroatoms. The van der Waals surface area contributed by atoms with Crippen molar-refractivity contribution in [3.63, 3.8) is 0 Å². The Morgan fingerprint density at radius 3 is 2.67 bits per heavy atom. The SMILES string of the molecule is C=C(C)c1cccc(C2(/C=C\C)CC2)c1. The van der Waals surface area contributed by atoms with Crippen molar-refractivity contribution in [1.82, 2.24) is 0 Å². The van der Waals surface area contributed by atoms with E-state index in [-0.39, 0.29) is 0 Å². The summed E-state index contributed by atoms with van der Waals surface area (Å²) in [6, 6.07) is 8.80. The average Bonchev–Trinajstić information content (AvgIpc) is 3.00. The lowest BCUT2D eigenvalue weighted by Crippen LogP contribution is -2.02. The third kappa shape index (κ3) is 1.90. The molecular weight excluding hydrogens is 180 g/mol. The van der Waals surface area contributed by atoms with Gasteiger partial charge in [-0.05, 0) is 37.8 Å². The van der Waals surface area contributed by atoms with Crippen molar-refractivity contribution in [1.29, 1.82) is 0 Å². The molecule has 15 heavy (non-hydrogen) atoms. The zero-order valence-electron chi connectivity index (χ0n) is 9.59. The molecule has 1 aliphatic carbocycles. The fourth-order valence-electron chi connectivity index (χ4n) is 2.10. The predicted octanol–water partition coefficient (Wildman–Crippen LogP) is 4.33. The highest BCUT2D eigenvalue weighted by molar-refractivity contribution is 5.62. The molecule has 0 radical (unpaired) electrons. The second-order valence-corrected chi connectivity index (χ2v) is 4.52. The van der Waals surface area contributed by atoms with Crippen LogP contribution in [0.2, 0.25) is 0 Å². The van der Waals surface area contributed by atoms with E-state index in [4.69, 9.17) is 0 Å². The smallest absolute Gasteiger partial charge is 0.0133 e. The van der Waals surface area contributed by atoms with E-state index in [9.17, 15) is 0 Å². The molecule has 1 fully saturated rings. The minimum absolute atomic E-state index is 0.347. The van der Waals surface area contributed by atoms with E-state index < -0.39 is 0 Å². The first-order valence-electron chi connectivity index (χ1n) is 5.58. The van der Waals surface area contributed by atoms with E-state index in [1.807, 2.05) is 0 Å². The standard InChI is InChI=1S/C15H18/c1-4-8-15(9-10-15)14-7-5-6-13(11-14)12(2)3/h4-8,11H,2,9-10H2,1,3H3/b8-4-. The number of benzene rings is 1. The Bertz CT molecular complexity index is 406. The summed E-state index contributed by atoms with van der Waals surface area (Å²) in [5.41, 5.74) is 4.21. The number of rotatable bonds is 3. The van der Waals surface area contributed by atoms with Crippen molar-refractivity contribution < 1.29 is 0 Å². The first kappa shape index (κ1) is 10.2. The zero-order chi connectivity index (χ0) is 10.9. The molecule has 2 rings (SSSR count). The summed E-state index contributed by atoms with van der Waals surface area (Å²) >= 11 is 0. The molecular formula is C15H18. The van der Waals surface area contributed by atoms with Gasteiger partial charge in [0.2, 0.25) is 0 Å². The topological polar surface area (TPSA) is 0 Å². The van der Waals surface area contributed by atoms with Crippen molar-refractivity contribution in [2.45, 2.75) is 32.1 Å². The third-order valence-corrected chi connectivity index (χ3v) is 3.20. The van der Waals surface area contributed by atoms with Crippen LogP contribution in [0.25, 0.3) is 5.57 Å². The number of allylic oxidation sites excluding steroid dienone is 3. The van der Waals surface area contributed by atoms with Crippen molar-refractivity contribution in [3.05, 3.63) is 54.1 Å². The van der Waals surface area contributed by atoms with Crippen molar-refractivity contribution in [3.8, 4) is 0 Å². The van der Waals surface area contributed by atoms with Gasteiger partial charge in [-0.3, -0.25) is 0 Å². The summed E-state index contributed by atoms with van der Waals surface area (Å²) in [5, 5.41) is 0. The largest absolute Gasteiger partial charge is 0.0955 e. The maximum absolute atomic E-state index is 4.00. The predicted molar refractivity (Wildman–Crippen MR) is 66.9 cm³/mol. The Morgan fingerprint density at radius 2 is 2.13 bits per heavy atom. The summed E-state index contributed by atoms with van der Waals surface area (Å²) in [5.74, 6) is 0. The molecule has 0 atom stereocenters. The molecule has 0 heterocycles. The van der Waals surface area contributed by atoms with Gasteiger partial charge in [0.1, 0.15) is 0 Å². The molecule has 0 N–H and O–H groups in total. The van der Waals surface area contributed by atoms with E-state index in [1.54, 1.807) is 0 Å². The lowest BCUT2D eigenvalue weighted by atomic mass is 9.93. The van der Waals surface area contributed by atoms with Crippen LogP contribution >= 0.6 is 0 Å². The summed E-state index contributed by atoms with van der Waals surface area (Å²) in [4.78, 5) is 0. The van der Waals surface area contributed by atoms with Crippen LogP contribution < -0.4 is 0 Å². The molecule has 0 amide bonds. The van der Waals surface area contributed by atoms with Gasteiger partial charge in [0.25, 0.3) is 0 Å². The molecule has 0 saturated heterocycles. The maximum atomic E-state index is 4.00. The molecule has 78 valence electrons. The molecule has 1 aromatic rings. The Morgan fingerprint density at radius 1 is 1.40 bits per heavy atom. The average molecular weight is 198 g/mol. The lowest BCUT2D eigenvalue weighted by molar-refractivity contribution is 0.888. The van der Waals surface area contributed by atoms with E-state index in [0.29, 0.717) is 5.41 Å². The van der Waals surface area contributed by atoms with Crippen LogP contribution in [0.4, 0.5) is 0 Å². The Kier molecular flexibility index (Phi) is 2.52. The molecule has 0 aromatic heterocycles. The van der Waals surface area contributed by atoms with E-state index in [2.05, 4.69) is 56.8 Å². The van der Waals surface area contributed by atoms with Crippen LogP contribution in [-0.4, -0.2) is 0 Å². The second kappa shape index (κ2) is 3.69. The van der Waals surface area contributed by atoms with Crippen LogP contribution in [0.3, 0.4) is 0 Å². The summed E-state index contributed by atoms with van der Waals surface area (Å²) in [7, 11) is 0. The fraction of sp³-hybridized carbons (Fsp3) is 0.333. The van der Waals surface area contributed by atoms with E-state index in [1.165, 1.54) is 24.0 Å². The van der Waals surface area contributed by atoms with Gasteiger partial charge in [-0.15, -0.1) is 0 Å². The quantitative estimate of drug-likeness (QED) is 0.634. The van der Waals surface area contributed by atoms with Gasteiger partial charge in [-0.1, -0.05) is 48.6 Å². The first-order chi connectivity index (χ1) is 7.18. The molecule has 0 bridgehead atoms. The molecule has 0 nitrogen and oxygen atoms in total. The third-order valence-electron chi connectivity index (χ3n) is 3.20. The minimum Gasteiger partial charge on any atom is -0.0955 e. The van der Waals surface area contributed by atoms with Crippen molar-refractivity contribution in [2.24, 2.45) is 0 Å². The lowest BCUT2D eigenvalue weighted by Gasteiger charge is -2.12. The van der Waals surface area contributed by atoms with E-state index >= 15 is 0 Å². The van der Waals surface area contributed by atoms with Crippen LogP contribution in [0.15, 0.2) is 43.0 Å². The normalized spacial score (nSPS) is 18.0. The maximum Gasteiger partial charge on any atom is 0.0133 e. The Balaban J connectivity index is 2.37. The summed E-state index contributed by atoms with van der Waals surface area (Å²) in [6.45, 7) is 8.16.